The molecule has 6 atom stereocenters. The molecule has 0 radical (unpaired) electrons. The number of unbranched alkanes of at least 4 members (excludes halogenated alkanes) is 49. The van der Waals surface area contributed by atoms with Crippen LogP contribution in [-0.2, 0) is 65.4 Å². The molecule has 0 amide bonds. The summed E-state index contributed by atoms with van der Waals surface area (Å²) in [4.78, 5) is 73.2. The van der Waals surface area contributed by atoms with Gasteiger partial charge in [0.2, 0.25) is 0 Å². The van der Waals surface area contributed by atoms with Crippen molar-refractivity contribution in [2.75, 3.05) is 39.6 Å². The van der Waals surface area contributed by atoms with E-state index in [-0.39, 0.29) is 25.7 Å². The average Bonchev–Trinajstić information content (AvgIpc) is 0.900. The number of ether oxygens (including phenoxy) is 4. The van der Waals surface area contributed by atoms with Crippen LogP contribution in [0, 0.1) is 23.7 Å². The number of esters is 4. The van der Waals surface area contributed by atoms with E-state index in [4.69, 9.17) is 37.0 Å². The van der Waals surface area contributed by atoms with Gasteiger partial charge in [0.25, 0.3) is 0 Å². The Balaban J connectivity index is 5.22. The summed E-state index contributed by atoms with van der Waals surface area (Å²) in [6, 6.07) is 0. The van der Waals surface area contributed by atoms with Gasteiger partial charge in [-0.05, 0) is 49.4 Å². The Morgan fingerprint density at radius 1 is 0.264 bits per heavy atom. The topological polar surface area (TPSA) is 237 Å². The van der Waals surface area contributed by atoms with Crippen LogP contribution in [0.2, 0.25) is 0 Å². The molecule has 17 nitrogen and oxygen atoms in total. The lowest BCUT2D eigenvalue weighted by Crippen LogP contribution is -2.30. The number of aliphatic hydroxyl groups is 1. The van der Waals surface area contributed by atoms with E-state index >= 15 is 0 Å². The van der Waals surface area contributed by atoms with Crippen LogP contribution in [0.25, 0.3) is 0 Å². The Morgan fingerprint density at radius 2 is 0.453 bits per heavy atom. The van der Waals surface area contributed by atoms with Crippen molar-refractivity contribution in [3.63, 3.8) is 0 Å². The van der Waals surface area contributed by atoms with Gasteiger partial charge in [0.15, 0.2) is 12.2 Å². The molecule has 0 rings (SSSR count). The Labute approximate surface area is 651 Å². The Bertz CT molecular complexity index is 2060. The van der Waals surface area contributed by atoms with E-state index in [0.717, 1.165) is 120 Å². The Kier molecular flexibility index (Phi) is 74.3. The van der Waals surface area contributed by atoms with Gasteiger partial charge in [-0.2, -0.15) is 0 Å². The highest BCUT2D eigenvalue weighted by molar-refractivity contribution is 7.47. The van der Waals surface area contributed by atoms with Crippen LogP contribution in [0.1, 0.15) is 453 Å². The second kappa shape index (κ2) is 75.7. The van der Waals surface area contributed by atoms with Crippen molar-refractivity contribution >= 4 is 39.5 Å². The van der Waals surface area contributed by atoms with E-state index in [1.165, 1.54) is 250 Å². The molecule has 0 aliphatic heterocycles. The van der Waals surface area contributed by atoms with Crippen molar-refractivity contribution in [1.29, 1.82) is 0 Å². The summed E-state index contributed by atoms with van der Waals surface area (Å²) in [5.74, 6) is 1.04. The van der Waals surface area contributed by atoms with Gasteiger partial charge < -0.3 is 33.8 Å². The van der Waals surface area contributed by atoms with Crippen molar-refractivity contribution in [2.24, 2.45) is 23.7 Å². The maximum Gasteiger partial charge on any atom is 0.472 e. The third-order valence-electron chi connectivity index (χ3n) is 20.7. The van der Waals surface area contributed by atoms with Crippen LogP contribution in [-0.4, -0.2) is 96.7 Å². The first-order valence-corrected chi connectivity index (χ1v) is 47.7. The molecule has 0 fully saturated rings. The predicted octanol–water partition coefficient (Wildman–Crippen LogP) is 26.3. The SMILES string of the molecule is CCC(C)CCCCCCCCC(=O)OC[C@H](COP(=O)(O)OC[C@H](O)COP(=O)(O)OC[C@@H](COC(=O)CCCCCCCCCCCCCCCCCCCCC(C)C)OC(=O)CCCCCCCCCCCCCCCCC(C)C)OC(=O)CCCCCCCCCCCCCCCCCC(C)C. The zero-order valence-electron chi connectivity index (χ0n) is 70.1. The summed E-state index contributed by atoms with van der Waals surface area (Å²) in [7, 11) is -9.93. The summed E-state index contributed by atoms with van der Waals surface area (Å²) in [5, 5.41) is 10.7. The highest BCUT2D eigenvalue weighted by Gasteiger charge is 2.31. The van der Waals surface area contributed by atoms with E-state index in [1.807, 2.05) is 0 Å². The van der Waals surface area contributed by atoms with Crippen molar-refractivity contribution in [1.82, 2.24) is 0 Å². The molecular weight excluding hydrogens is 1380 g/mol. The second-order valence-corrected chi connectivity index (χ2v) is 35.9. The zero-order chi connectivity index (χ0) is 78.1. The molecule has 0 aliphatic carbocycles. The predicted molar refractivity (Wildman–Crippen MR) is 437 cm³/mol. The molecule has 3 N–H and O–H groups in total. The van der Waals surface area contributed by atoms with Gasteiger partial charge in [0.05, 0.1) is 26.4 Å². The van der Waals surface area contributed by atoms with Crippen LogP contribution in [0.5, 0.6) is 0 Å². The molecule has 0 saturated heterocycles. The van der Waals surface area contributed by atoms with Crippen LogP contribution in [0.4, 0.5) is 0 Å². The first-order chi connectivity index (χ1) is 51.1. The Hall–Kier alpha value is -1.94. The first-order valence-electron chi connectivity index (χ1n) is 44.7. The number of phosphoric acid groups is 2. The third-order valence-corrected chi connectivity index (χ3v) is 22.6. The molecular formula is C87H170O17P2. The smallest absolute Gasteiger partial charge is 0.462 e. The quantitative estimate of drug-likeness (QED) is 0.0222. The van der Waals surface area contributed by atoms with Crippen LogP contribution in [0.15, 0.2) is 0 Å². The normalized spacial score (nSPS) is 14.2. The van der Waals surface area contributed by atoms with E-state index in [1.54, 1.807) is 0 Å². The molecule has 0 heterocycles. The van der Waals surface area contributed by atoms with Gasteiger partial charge in [-0.1, -0.05) is 402 Å². The largest absolute Gasteiger partial charge is 0.472 e. The number of aliphatic hydroxyl groups excluding tert-OH is 1. The van der Waals surface area contributed by atoms with Gasteiger partial charge in [0, 0.05) is 25.7 Å². The fourth-order valence-electron chi connectivity index (χ4n) is 13.5. The van der Waals surface area contributed by atoms with Gasteiger partial charge in [-0.3, -0.25) is 37.3 Å². The van der Waals surface area contributed by atoms with E-state index < -0.39 is 97.5 Å². The molecule has 0 bridgehead atoms. The minimum Gasteiger partial charge on any atom is -0.462 e. The summed E-state index contributed by atoms with van der Waals surface area (Å²) in [6.07, 6.45) is 65.3. The molecule has 0 aromatic rings. The monoisotopic (exact) mass is 1550 g/mol. The molecule has 3 unspecified atom stereocenters. The highest BCUT2D eigenvalue weighted by atomic mass is 31.2. The lowest BCUT2D eigenvalue weighted by molar-refractivity contribution is -0.161. The summed E-state index contributed by atoms with van der Waals surface area (Å²) < 4.78 is 68.9. The number of carbonyl (C=O) groups excluding carboxylic acids is 4. The molecule has 106 heavy (non-hydrogen) atoms. The maximum atomic E-state index is 13.1. The minimum atomic E-state index is -4.97. The Morgan fingerprint density at radius 3 is 0.670 bits per heavy atom. The lowest BCUT2D eigenvalue weighted by atomic mass is 10.00. The van der Waals surface area contributed by atoms with Crippen LogP contribution >= 0.6 is 15.6 Å². The van der Waals surface area contributed by atoms with Gasteiger partial charge in [-0.15, -0.1) is 0 Å². The van der Waals surface area contributed by atoms with E-state index in [9.17, 15) is 43.2 Å². The first kappa shape index (κ1) is 104. The lowest BCUT2D eigenvalue weighted by Gasteiger charge is -2.21. The number of phosphoric ester groups is 2. The van der Waals surface area contributed by atoms with Gasteiger partial charge >= 0.3 is 39.5 Å². The third kappa shape index (κ3) is 78.7. The van der Waals surface area contributed by atoms with Crippen LogP contribution in [0.3, 0.4) is 0 Å². The average molecular weight is 1550 g/mol. The number of rotatable bonds is 84. The molecule has 0 spiro atoms. The summed E-state index contributed by atoms with van der Waals surface area (Å²) in [5.41, 5.74) is 0. The minimum absolute atomic E-state index is 0.107. The van der Waals surface area contributed by atoms with E-state index in [2.05, 4.69) is 55.4 Å². The van der Waals surface area contributed by atoms with Crippen LogP contribution < -0.4 is 0 Å². The molecule has 0 aromatic carbocycles. The van der Waals surface area contributed by atoms with Gasteiger partial charge in [-0.25, -0.2) is 9.13 Å². The van der Waals surface area contributed by atoms with Crippen molar-refractivity contribution in [3.8, 4) is 0 Å². The summed E-state index contributed by atoms with van der Waals surface area (Å²) in [6.45, 7) is 14.3. The fourth-order valence-corrected chi connectivity index (χ4v) is 15.0. The highest BCUT2D eigenvalue weighted by Crippen LogP contribution is 2.45. The summed E-state index contributed by atoms with van der Waals surface area (Å²) >= 11 is 0. The molecule has 0 aromatic heterocycles. The number of hydrogen-bond donors (Lipinski definition) is 3. The number of hydrogen-bond acceptors (Lipinski definition) is 15. The van der Waals surface area contributed by atoms with E-state index in [0.29, 0.717) is 25.7 Å². The molecule has 630 valence electrons. The van der Waals surface area contributed by atoms with Crippen molar-refractivity contribution in [2.45, 2.75) is 472 Å². The second-order valence-electron chi connectivity index (χ2n) is 33.0. The molecule has 19 heteroatoms. The van der Waals surface area contributed by atoms with Crippen molar-refractivity contribution in [3.05, 3.63) is 0 Å². The molecule has 0 aliphatic rings. The maximum absolute atomic E-state index is 13.1. The standard InChI is InChI=1S/C87H170O17P2/c1-9-80(8)66-58-50-45-46-52-60-68-85(90)98-74-83(104-87(92)70-61-53-43-37-31-25-18-14-16-22-28-34-40-48-56-64-78(4)5)76-102-106(95,96)100-72-81(88)71-99-105(93,94)101-75-82(103-86(91)69-62-54-44-38-32-26-20-19-23-29-35-41-49-57-65-79(6)7)73-97-84(89)67-59-51-42-36-30-24-17-13-11-10-12-15-21-27-33-39-47-55-63-77(2)3/h77-83,88H,9-76H2,1-8H3,(H,93,94)(H,95,96)/t80?,81-,82-,83-/m1/s1. The fraction of sp³-hybridized carbons (Fsp3) is 0.954. The van der Waals surface area contributed by atoms with Gasteiger partial charge in [0.1, 0.15) is 19.3 Å². The van der Waals surface area contributed by atoms with Crippen molar-refractivity contribution < 1.29 is 80.2 Å². The zero-order valence-corrected chi connectivity index (χ0v) is 71.9. The number of carbonyl (C=O) groups is 4. The molecule has 0 saturated carbocycles.